The molecule has 0 aliphatic carbocycles. The third-order valence-electron chi connectivity index (χ3n) is 6.68. The van der Waals surface area contributed by atoms with E-state index in [0.29, 0.717) is 0 Å². The van der Waals surface area contributed by atoms with E-state index in [1.54, 1.807) is 0 Å². The molecular formula is C29H30N4O. The zero-order chi connectivity index (χ0) is 23.7. The van der Waals surface area contributed by atoms with Crippen molar-refractivity contribution in [2.75, 3.05) is 23.3 Å². The zero-order valence-electron chi connectivity index (χ0n) is 20.0. The molecule has 5 heteroatoms. The number of hydrogen-bond acceptors (Lipinski definition) is 4. The summed E-state index contributed by atoms with van der Waals surface area (Å²) < 4.78 is 0. The number of nitrogens with zero attached hydrogens (tertiary/aromatic N) is 3. The lowest BCUT2D eigenvalue weighted by molar-refractivity contribution is -0.120. The van der Waals surface area contributed by atoms with Crippen LogP contribution in [0.15, 0.2) is 66.7 Å². The minimum Gasteiger partial charge on any atom is -0.341 e. The molecule has 34 heavy (non-hydrogen) atoms. The number of piperidine rings is 1. The highest BCUT2D eigenvalue weighted by Crippen LogP contribution is 2.31. The number of benzene rings is 3. The second-order valence-electron chi connectivity index (χ2n) is 9.33. The van der Waals surface area contributed by atoms with Crippen LogP contribution in [0.3, 0.4) is 0 Å². The molecule has 172 valence electrons. The van der Waals surface area contributed by atoms with Gasteiger partial charge in [0.15, 0.2) is 0 Å². The van der Waals surface area contributed by atoms with E-state index in [-0.39, 0.29) is 11.8 Å². The van der Waals surface area contributed by atoms with E-state index >= 15 is 0 Å². The minimum absolute atomic E-state index is 0.00588. The van der Waals surface area contributed by atoms with E-state index in [4.69, 9.17) is 9.97 Å². The summed E-state index contributed by atoms with van der Waals surface area (Å²) in [4.78, 5) is 25.1. The van der Waals surface area contributed by atoms with Crippen LogP contribution >= 0.6 is 0 Å². The Hall–Kier alpha value is -3.73. The fourth-order valence-electron chi connectivity index (χ4n) is 4.72. The zero-order valence-corrected chi connectivity index (χ0v) is 20.0. The summed E-state index contributed by atoms with van der Waals surface area (Å²) >= 11 is 0. The van der Waals surface area contributed by atoms with Gasteiger partial charge in [0.1, 0.15) is 0 Å². The van der Waals surface area contributed by atoms with Crippen molar-refractivity contribution in [2.24, 2.45) is 5.92 Å². The predicted molar refractivity (Wildman–Crippen MR) is 139 cm³/mol. The topological polar surface area (TPSA) is 58.1 Å². The summed E-state index contributed by atoms with van der Waals surface area (Å²) in [7, 11) is 0. The van der Waals surface area contributed by atoms with Gasteiger partial charge in [-0.1, -0.05) is 59.7 Å². The largest absolute Gasteiger partial charge is 0.341 e. The maximum absolute atomic E-state index is 12.9. The van der Waals surface area contributed by atoms with Crippen molar-refractivity contribution in [3.05, 3.63) is 83.4 Å². The second-order valence-corrected chi connectivity index (χ2v) is 9.33. The molecule has 1 aromatic heterocycles. The number of amides is 1. The van der Waals surface area contributed by atoms with Crippen molar-refractivity contribution in [1.29, 1.82) is 0 Å². The maximum atomic E-state index is 12.9. The molecule has 1 fully saturated rings. The monoisotopic (exact) mass is 450 g/mol. The fourth-order valence-corrected chi connectivity index (χ4v) is 4.72. The van der Waals surface area contributed by atoms with Crippen LogP contribution in [0.25, 0.3) is 22.2 Å². The van der Waals surface area contributed by atoms with Crippen LogP contribution < -0.4 is 10.2 Å². The van der Waals surface area contributed by atoms with E-state index in [2.05, 4.69) is 60.5 Å². The number of aryl methyl sites for hydroxylation is 3. The van der Waals surface area contributed by atoms with Crippen molar-refractivity contribution in [2.45, 2.75) is 33.6 Å². The van der Waals surface area contributed by atoms with Crippen molar-refractivity contribution < 1.29 is 4.79 Å². The smallest absolute Gasteiger partial charge is 0.227 e. The Morgan fingerprint density at radius 3 is 2.32 bits per heavy atom. The minimum atomic E-state index is -0.00588. The molecule has 1 saturated heterocycles. The Morgan fingerprint density at radius 2 is 1.59 bits per heavy atom. The predicted octanol–water partition coefficient (Wildman–Crippen LogP) is 6.08. The van der Waals surface area contributed by atoms with Crippen LogP contribution in [0.5, 0.6) is 0 Å². The van der Waals surface area contributed by atoms with E-state index in [9.17, 15) is 4.79 Å². The van der Waals surface area contributed by atoms with Gasteiger partial charge >= 0.3 is 0 Å². The van der Waals surface area contributed by atoms with Gasteiger partial charge in [-0.05, 0) is 57.4 Å². The highest BCUT2D eigenvalue weighted by molar-refractivity contribution is 5.94. The number of carbonyl (C=O) groups is 1. The summed E-state index contributed by atoms with van der Waals surface area (Å²) in [6, 6.07) is 22.7. The van der Waals surface area contributed by atoms with Gasteiger partial charge in [0.05, 0.1) is 11.2 Å². The van der Waals surface area contributed by atoms with E-state index in [1.165, 1.54) is 11.1 Å². The standard InChI is InChI=1S/C29H30N4O/c1-19-9-11-25(21(3)17-19)30-28(34)23-13-15-33(16-14-23)29-31-26-12-10-20(2)18-24(26)27(32-29)22-7-5-4-6-8-22/h4-12,17-18,23H,13-16H2,1-3H3,(H,30,34). The van der Waals surface area contributed by atoms with E-state index in [0.717, 1.165) is 65.3 Å². The maximum Gasteiger partial charge on any atom is 0.227 e. The highest BCUT2D eigenvalue weighted by Gasteiger charge is 2.27. The van der Waals surface area contributed by atoms with E-state index in [1.807, 2.05) is 37.3 Å². The molecule has 5 nitrogen and oxygen atoms in total. The number of aromatic nitrogens is 2. The number of rotatable bonds is 4. The number of nitrogens with one attached hydrogen (secondary N) is 1. The number of hydrogen-bond donors (Lipinski definition) is 1. The van der Waals surface area contributed by atoms with Gasteiger partial charge in [0.25, 0.3) is 0 Å². The normalized spacial score (nSPS) is 14.4. The lowest BCUT2D eigenvalue weighted by Gasteiger charge is -2.31. The average Bonchev–Trinajstić information content (AvgIpc) is 2.85. The molecule has 5 rings (SSSR count). The van der Waals surface area contributed by atoms with Gasteiger partial charge < -0.3 is 10.2 Å². The van der Waals surface area contributed by atoms with Gasteiger partial charge in [-0.25, -0.2) is 9.97 Å². The fraction of sp³-hybridized carbons (Fsp3) is 0.276. The Labute approximate surface area is 200 Å². The summed E-state index contributed by atoms with van der Waals surface area (Å²) in [6.45, 7) is 7.71. The van der Waals surface area contributed by atoms with Crippen LogP contribution in [-0.4, -0.2) is 29.0 Å². The Kier molecular flexibility index (Phi) is 6.01. The number of carbonyl (C=O) groups excluding carboxylic acids is 1. The van der Waals surface area contributed by atoms with Gasteiger partial charge in [0, 0.05) is 35.6 Å². The van der Waals surface area contributed by atoms with Crippen LogP contribution in [-0.2, 0) is 4.79 Å². The molecule has 0 radical (unpaired) electrons. The molecule has 0 bridgehead atoms. The molecule has 4 aromatic rings. The average molecular weight is 451 g/mol. The van der Waals surface area contributed by atoms with Crippen LogP contribution in [0.4, 0.5) is 11.6 Å². The third kappa shape index (κ3) is 4.51. The van der Waals surface area contributed by atoms with Gasteiger partial charge in [-0.2, -0.15) is 0 Å². The number of fused-ring (bicyclic) bond motifs is 1. The molecule has 0 spiro atoms. The third-order valence-corrected chi connectivity index (χ3v) is 6.68. The summed E-state index contributed by atoms with van der Waals surface area (Å²) in [5, 5.41) is 4.20. The van der Waals surface area contributed by atoms with Crippen molar-refractivity contribution >= 4 is 28.4 Å². The first-order valence-electron chi connectivity index (χ1n) is 11.9. The molecule has 0 atom stereocenters. The molecule has 1 aliphatic heterocycles. The Morgan fingerprint density at radius 1 is 0.882 bits per heavy atom. The lowest BCUT2D eigenvalue weighted by Crippen LogP contribution is -2.39. The first-order valence-corrected chi connectivity index (χ1v) is 11.9. The van der Waals surface area contributed by atoms with Gasteiger partial charge in [0.2, 0.25) is 11.9 Å². The quantitative estimate of drug-likeness (QED) is 0.409. The summed E-state index contributed by atoms with van der Waals surface area (Å²) in [6.07, 6.45) is 1.57. The molecule has 0 saturated carbocycles. The summed E-state index contributed by atoms with van der Waals surface area (Å²) in [5.74, 6) is 0.837. The first kappa shape index (κ1) is 22.1. The SMILES string of the molecule is Cc1ccc(NC(=O)C2CCN(c3nc(-c4ccccc4)c4cc(C)ccc4n3)CC2)c(C)c1. The molecular weight excluding hydrogens is 420 g/mol. The van der Waals surface area contributed by atoms with Crippen molar-refractivity contribution in [3.8, 4) is 11.3 Å². The number of anilines is 2. The van der Waals surface area contributed by atoms with Gasteiger partial charge in [-0.3, -0.25) is 4.79 Å². The van der Waals surface area contributed by atoms with E-state index < -0.39 is 0 Å². The van der Waals surface area contributed by atoms with Crippen molar-refractivity contribution in [3.63, 3.8) is 0 Å². The second kappa shape index (κ2) is 9.26. The molecule has 2 heterocycles. The molecule has 1 amide bonds. The molecule has 3 aromatic carbocycles. The lowest BCUT2D eigenvalue weighted by atomic mass is 9.95. The van der Waals surface area contributed by atoms with Crippen LogP contribution in [0.2, 0.25) is 0 Å². The van der Waals surface area contributed by atoms with Crippen LogP contribution in [0.1, 0.15) is 29.5 Å². The summed E-state index contributed by atoms with van der Waals surface area (Å²) in [5.41, 5.74) is 7.38. The first-order chi connectivity index (χ1) is 16.5. The highest BCUT2D eigenvalue weighted by atomic mass is 16.1. The van der Waals surface area contributed by atoms with Crippen molar-refractivity contribution in [1.82, 2.24) is 9.97 Å². The van der Waals surface area contributed by atoms with Gasteiger partial charge in [-0.15, -0.1) is 0 Å². The Balaban J connectivity index is 1.35. The molecule has 1 N–H and O–H groups in total. The Bertz CT molecular complexity index is 1340. The molecule has 0 unspecified atom stereocenters. The van der Waals surface area contributed by atoms with Crippen LogP contribution in [0, 0.1) is 26.7 Å². The molecule has 1 aliphatic rings.